The first-order valence-corrected chi connectivity index (χ1v) is 27.9. The van der Waals surface area contributed by atoms with Crippen LogP contribution in [0.1, 0.15) is 49.9 Å². The van der Waals surface area contributed by atoms with E-state index in [1.54, 1.807) is 0 Å². The van der Waals surface area contributed by atoms with Gasteiger partial charge in [0.2, 0.25) is 0 Å². The predicted octanol–water partition coefficient (Wildman–Crippen LogP) is 21.3. The zero-order chi connectivity index (χ0) is 53.9. The zero-order valence-electron chi connectivity index (χ0n) is 45.7. The summed E-state index contributed by atoms with van der Waals surface area (Å²) in [7, 11) is 0. The fourth-order valence-corrected chi connectivity index (χ4v) is 10.8. The Kier molecular flexibility index (Phi) is 15.8. The van der Waals surface area contributed by atoms with E-state index in [-0.39, 0.29) is 0 Å². The molecule has 0 amide bonds. The van der Waals surface area contributed by atoms with Crippen LogP contribution >= 0.6 is 0 Å². The van der Waals surface area contributed by atoms with Gasteiger partial charge in [-0.2, -0.15) is 0 Å². The Morgan fingerprint density at radius 2 is 0.392 bits per heavy atom. The number of aryl methyl sites for hydroxylation is 4. The fourth-order valence-electron chi connectivity index (χ4n) is 10.8. The maximum Gasteiger partial charge on any atom is 0.0990 e. The van der Waals surface area contributed by atoms with Gasteiger partial charge >= 0.3 is 0 Å². The van der Waals surface area contributed by atoms with Gasteiger partial charge in [-0.25, -0.2) is 0 Å². The Balaban J connectivity index is 1.48. The van der Waals surface area contributed by atoms with E-state index in [1.807, 2.05) is 0 Å². The number of para-hydroxylation sites is 6. The van der Waals surface area contributed by atoms with Gasteiger partial charge in [-0.15, -0.1) is 0 Å². The van der Waals surface area contributed by atoms with E-state index < -0.39 is 0 Å². The van der Waals surface area contributed by atoms with E-state index in [1.165, 1.54) is 22.3 Å². The summed E-state index contributed by atoms with van der Waals surface area (Å²) in [6.45, 7) is 8.98. The molecule has 5 nitrogen and oxygen atoms in total. The summed E-state index contributed by atoms with van der Waals surface area (Å²) in [5.41, 5.74) is 20.1. The van der Waals surface area contributed by atoms with Crippen molar-refractivity contribution >= 4 is 85.3 Å². The average molecular weight is 1030 g/mol. The number of hydrogen-bond acceptors (Lipinski definition) is 5. The molecule has 0 radical (unpaired) electrons. The van der Waals surface area contributed by atoms with Gasteiger partial charge in [0.1, 0.15) is 0 Å². The minimum atomic E-state index is 0.868. The van der Waals surface area contributed by atoms with Crippen molar-refractivity contribution < 1.29 is 0 Å². The van der Waals surface area contributed by atoms with Crippen molar-refractivity contribution in [2.45, 2.75) is 53.4 Å². The molecule has 11 aromatic carbocycles. The van der Waals surface area contributed by atoms with Crippen molar-refractivity contribution in [1.82, 2.24) is 0 Å². The first kappa shape index (κ1) is 51.5. The van der Waals surface area contributed by atoms with Gasteiger partial charge in [0, 0.05) is 56.9 Å². The molecule has 0 saturated carbocycles. The van der Waals surface area contributed by atoms with E-state index in [2.05, 4.69) is 337 Å². The van der Waals surface area contributed by atoms with Crippen LogP contribution in [0, 0.1) is 0 Å². The molecule has 11 rings (SSSR count). The lowest BCUT2D eigenvalue weighted by Gasteiger charge is -2.43. The van der Waals surface area contributed by atoms with Crippen molar-refractivity contribution in [1.29, 1.82) is 0 Å². The van der Waals surface area contributed by atoms with Gasteiger partial charge in [-0.1, -0.05) is 185 Å². The van der Waals surface area contributed by atoms with E-state index in [9.17, 15) is 0 Å². The Bertz CT molecular complexity index is 3700. The van der Waals surface area contributed by atoms with Gasteiger partial charge in [0.05, 0.1) is 28.4 Å². The van der Waals surface area contributed by atoms with Crippen molar-refractivity contribution in [3.05, 3.63) is 307 Å². The van der Waals surface area contributed by atoms with Crippen molar-refractivity contribution in [2.75, 3.05) is 24.5 Å². The van der Waals surface area contributed by atoms with Crippen LogP contribution in [0.15, 0.2) is 285 Å². The van der Waals surface area contributed by atoms with Gasteiger partial charge < -0.3 is 24.5 Å². The molecule has 0 saturated heterocycles. The Hall–Kier alpha value is -9.58. The van der Waals surface area contributed by atoms with E-state index in [4.69, 9.17) is 0 Å². The largest absolute Gasteiger partial charge is 0.308 e. The van der Waals surface area contributed by atoms with Crippen LogP contribution in [0.25, 0.3) is 0 Å². The average Bonchev–Trinajstić information content (AvgIpc) is 3.68. The summed E-state index contributed by atoms with van der Waals surface area (Å²) in [5.74, 6) is 0. The van der Waals surface area contributed by atoms with Crippen molar-refractivity contribution in [3.8, 4) is 0 Å². The number of anilines is 15. The molecule has 388 valence electrons. The Morgan fingerprint density at radius 3 is 0.646 bits per heavy atom. The third-order valence-corrected chi connectivity index (χ3v) is 14.8. The SMILES string of the molecule is CCc1cccc(N(c2ccccc2)c2cc(N(c3ccccc3)c3ccccc3)c(N(c3ccccc3)c3cccc(CC)c3)c(N(c3ccccc3)c3cccc(CC)c3)c2N(c2ccccc2)c2cccc(CC)c2)c1. The van der Waals surface area contributed by atoms with E-state index >= 15 is 0 Å². The molecule has 0 bridgehead atoms. The van der Waals surface area contributed by atoms with Crippen LogP contribution < -0.4 is 24.5 Å². The van der Waals surface area contributed by atoms with Crippen LogP contribution in [-0.4, -0.2) is 0 Å². The Morgan fingerprint density at radius 1 is 0.190 bits per heavy atom. The topological polar surface area (TPSA) is 16.2 Å². The highest BCUT2D eigenvalue weighted by Gasteiger charge is 2.38. The molecule has 0 spiro atoms. The molecule has 0 heterocycles. The number of benzene rings is 11. The molecule has 0 fully saturated rings. The molecule has 11 aromatic rings. The van der Waals surface area contributed by atoms with Gasteiger partial charge in [0.25, 0.3) is 0 Å². The minimum Gasteiger partial charge on any atom is -0.308 e. The highest BCUT2D eigenvalue weighted by molar-refractivity contribution is 6.13. The summed E-state index contributed by atoms with van der Waals surface area (Å²) >= 11 is 0. The monoisotopic (exact) mass is 1030 g/mol. The molecule has 0 N–H and O–H groups in total. The molecule has 0 aromatic heterocycles. The summed E-state index contributed by atoms with van der Waals surface area (Å²) in [6, 6.07) is 105. The quantitative estimate of drug-likeness (QED) is 0.0800. The van der Waals surface area contributed by atoms with E-state index in [0.717, 1.165) is 111 Å². The smallest absolute Gasteiger partial charge is 0.0990 e. The number of rotatable bonds is 19. The van der Waals surface area contributed by atoms with Crippen LogP contribution in [0.2, 0.25) is 0 Å². The number of nitrogens with zero attached hydrogens (tertiary/aromatic N) is 5. The van der Waals surface area contributed by atoms with Gasteiger partial charge in [-0.3, -0.25) is 0 Å². The Labute approximate surface area is 468 Å². The maximum atomic E-state index is 2.54. The zero-order valence-corrected chi connectivity index (χ0v) is 45.7. The molecule has 0 atom stereocenters. The lowest BCUT2D eigenvalue weighted by molar-refractivity contribution is 1.11. The third-order valence-electron chi connectivity index (χ3n) is 14.8. The summed E-state index contributed by atoms with van der Waals surface area (Å²) in [6.07, 6.45) is 3.50. The fraction of sp³-hybridized carbons (Fsp3) is 0.108. The van der Waals surface area contributed by atoms with Crippen LogP contribution in [0.5, 0.6) is 0 Å². The molecule has 0 aliphatic carbocycles. The first-order chi connectivity index (χ1) is 39.0. The highest BCUT2D eigenvalue weighted by Crippen LogP contribution is 2.62. The van der Waals surface area contributed by atoms with Crippen LogP contribution in [0.4, 0.5) is 85.3 Å². The summed E-state index contributed by atoms with van der Waals surface area (Å²) in [4.78, 5) is 12.5. The second-order valence-electron chi connectivity index (χ2n) is 19.7. The lowest BCUT2D eigenvalue weighted by Crippen LogP contribution is -2.26. The molecule has 0 aliphatic rings. The van der Waals surface area contributed by atoms with Crippen molar-refractivity contribution in [2.24, 2.45) is 0 Å². The van der Waals surface area contributed by atoms with Crippen molar-refractivity contribution in [3.63, 3.8) is 0 Å². The van der Waals surface area contributed by atoms with Crippen LogP contribution in [0.3, 0.4) is 0 Å². The summed E-state index contributed by atoms with van der Waals surface area (Å²) < 4.78 is 0. The predicted molar refractivity (Wildman–Crippen MR) is 337 cm³/mol. The normalized spacial score (nSPS) is 11.0. The van der Waals surface area contributed by atoms with E-state index in [0.29, 0.717) is 0 Å². The second kappa shape index (κ2) is 24.2. The molecule has 79 heavy (non-hydrogen) atoms. The molecular formula is C74H67N5. The maximum absolute atomic E-state index is 2.54. The second-order valence-corrected chi connectivity index (χ2v) is 19.7. The molecule has 0 aliphatic heterocycles. The standard InChI is InChI=1S/C74H67N5/c1-5-56-31-27-47-66(51-56)76(62-39-19-11-20-40-62)71-55-70(75(60-35-15-9-16-36-60)61-37-17-10-18-38-61)72(77(63-41-21-12-22-42-63)67-48-28-32-57(6-2)52-67)74(79(65-45-25-14-26-46-65)69-50-30-34-59(8-4)54-69)73(71)78(64-43-23-13-24-44-64)68-49-29-33-58(7-3)53-68/h9-55H,5-8H2,1-4H3. The molecular weight excluding hydrogens is 959 g/mol. The van der Waals surface area contributed by atoms with Gasteiger partial charge in [-0.05, 0) is 175 Å². The highest BCUT2D eigenvalue weighted by atomic mass is 15.3. The van der Waals surface area contributed by atoms with Gasteiger partial charge in [0.15, 0.2) is 0 Å². The third kappa shape index (κ3) is 10.9. The number of hydrogen-bond donors (Lipinski definition) is 0. The molecule has 0 unspecified atom stereocenters. The first-order valence-electron chi connectivity index (χ1n) is 27.9. The summed E-state index contributed by atoms with van der Waals surface area (Å²) in [5, 5.41) is 0. The van der Waals surface area contributed by atoms with Crippen LogP contribution in [-0.2, 0) is 25.7 Å². The molecule has 5 heteroatoms. The lowest BCUT2D eigenvalue weighted by atomic mass is 9.99. The minimum absolute atomic E-state index is 0.868.